The first-order valence-electron chi connectivity index (χ1n) is 4.08. The second kappa shape index (κ2) is 13.5. The van der Waals surface area contributed by atoms with Crippen LogP contribution in [0.3, 0.4) is 0 Å². The summed E-state index contributed by atoms with van der Waals surface area (Å²) < 4.78 is 13.8. The van der Waals surface area contributed by atoms with Crippen LogP contribution >= 0.6 is 7.82 Å². The number of carbonyl (C=O) groups is 1. The number of carboxylic acid groups (broad SMARTS) is 1. The number of aliphatic carboxylic acids is 1. The highest BCUT2D eigenvalue weighted by Crippen LogP contribution is 2.35. The van der Waals surface area contributed by atoms with Crippen LogP contribution in [-0.4, -0.2) is 69.2 Å². The van der Waals surface area contributed by atoms with E-state index in [0.29, 0.717) is 0 Å². The van der Waals surface area contributed by atoms with Crippen molar-refractivity contribution in [3.05, 3.63) is 0 Å². The van der Waals surface area contributed by atoms with Gasteiger partial charge in [-0.3, -0.25) is 9.32 Å². The molecule has 106 valence electrons. The topological polar surface area (TPSA) is 191 Å². The van der Waals surface area contributed by atoms with Crippen molar-refractivity contribution in [2.75, 3.05) is 26.9 Å². The van der Waals surface area contributed by atoms with Crippen LogP contribution in [0.1, 0.15) is 0 Å². The zero-order valence-electron chi connectivity index (χ0n) is 9.13. The van der Waals surface area contributed by atoms with Gasteiger partial charge in [0.25, 0.3) is 0 Å². The summed E-state index contributed by atoms with van der Waals surface area (Å²) >= 11 is 0. The Labute approximate surface area is 97.5 Å². The Bertz CT molecular complexity index is 218. The van der Waals surface area contributed by atoms with Crippen LogP contribution < -0.4 is 5.73 Å². The van der Waals surface area contributed by atoms with Crippen molar-refractivity contribution in [2.45, 2.75) is 6.10 Å². The van der Waals surface area contributed by atoms with Crippen molar-refractivity contribution in [2.24, 2.45) is 5.73 Å². The van der Waals surface area contributed by atoms with Gasteiger partial charge in [-0.2, -0.15) is 0 Å². The molecule has 0 aliphatic carbocycles. The lowest BCUT2D eigenvalue weighted by atomic mass is 10.4. The maximum absolute atomic E-state index is 9.93. The average molecular weight is 279 g/mol. The molecule has 17 heavy (non-hydrogen) atoms. The van der Waals surface area contributed by atoms with E-state index in [1.165, 1.54) is 0 Å². The fourth-order valence-corrected chi connectivity index (χ4v) is 0.602. The van der Waals surface area contributed by atoms with Crippen molar-refractivity contribution < 1.29 is 44.1 Å². The molecule has 0 saturated heterocycles. The number of carboxylic acids is 1. The highest BCUT2D eigenvalue weighted by Gasteiger charge is 2.15. The highest BCUT2D eigenvalue weighted by molar-refractivity contribution is 7.46. The van der Waals surface area contributed by atoms with E-state index in [4.69, 9.17) is 30.2 Å². The minimum atomic E-state index is -4.50. The van der Waals surface area contributed by atoms with Gasteiger partial charge in [0.05, 0.1) is 19.8 Å². The lowest BCUT2D eigenvalue weighted by Crippen LogP contribution is -2.18. The van der Waals surface area contributed by atoms with E-state index in [2.05, 4.69) is 10.3 Å². The molecule has 0 bridgehead atoms. The number of phosphoric acid groups is 1. The van der Waals surface area contributed by atoms with Crippen molar-refractivity contribution in [3.8, 4) is 0 Å². The van der Waals surface area contributed by atoms with Crippen LogP contribution in [0.25, 0.3) is 0 Å². The van der Waals surface area contributed by atoms with Gasteiger partial charge in [0, 0.05) is 7.11 Å². The second-order valence-electron chi connectivity index (χ2n) is 2.22. The van der Waals surface area contributed by atoms with Crippen LogP contribution in [0.4, 0.5) is 0 Å². The van der Waals surface area contributed by atoms with E-state index in [9.17, 15) is 9.36 Å². The number of aliphatic hydroxyl groups is 3. The van der Waals surface area contributed by atoms with Gasteiger partial charge in [0.2, 0.25) is 0 Å². The Kier molecular flexibility index (Phi) is 17.2. The first-order valence-corrected chi connectivity index (χ1v) is 5.61. The zero-order valence-corrected chi connectivity index (χ0v) is 10.0. The third-order valence-electron chi connectivity index (χ3n) is 0.820. The molecule has 1 atom stereocenters. The molecule has 0 aromatic carbocycles. The molecule has 0 aliphatic heterocycles. The quantitative estimate of drug-likeness (QED) is 0.256. The van der Waals surface area contributed by atoms with Gasteiger partial charge in [0.1, 0.15) is 6.10 Å². The maximum Gasteiger partial charge on any atom is 0.469 e. The van der Waals surface area contributed by atoms with Crippen LogP contribution in [0.5, 0.6) is 0 Å². The Morgan fingerprint density at radius 3 is 1.94 bits per heavy atom. The molecule has 0 amide bonds. The predicted molar refractivity (Wildman–Crippen MR) is 55.9 cm³/mol. The molecule has 0 saturated carbocycles. The Morgan fingerprint density at radius 2 is 1.76 bits per heavy atom. The van der Waals surface area contributed by atoms with E-state index in [1.807, 2.05) is 0 Å². The summed E-state index contributed by atoms with van der Waals surface area (Å²) in [6.07, 6.45) is -1.24. The molecule has 0 spiro atoms. The summed E-state index contributed by atoms with van der Waals surface area (Å²) in [4.78, 5) is 25.4. The minimum absolute atomic E-state index is 0.278. The Morgan fingerprint density at radius 1 is 1.41 bits per heavy atom. The van der Waals surface area contributed by atoms with Crippen molar-refractivity contribution in [1.82, 2.24) is 0 Å². The molecule has 1 unspecified atom stereocenters. The van der Waals surface area contributed by atoms with E-state index in [1.54, 1.807) is 0 Å². The van der Waals surface area contributed by atoms with Crippen LogP contribution in [0.2, 0.25) is 0 Å². The second-order valence-corrected chi connectivity index (χ2v) is 3.46. The maximum atomic E-state index is 9.93. The largest absolute Gasteiger partial charge is 0.480 e. The molecule has 0 radical (unpaired) electrons. The summed E-state index contributed by atoms with van der Waals surface area (Å²) in [5.41, 5.74) is 4.57. The van der Waals surface area contributed by atoms with Gasteiger partial charge in [-0.25, -0.2) is 4.57 Å². The van der Waals surface area contributed by atoms with Crippen molar-refractivity contribution in [3.63, 3.8) is 0 Å². The van der Waals surface area contributed by atoms with Gasteiger partial charge < -0.3 is 35.9 Å². The fourth-order valence-electron chi connectivity index (χ4n) is 0.236. The minimum Gasteiger partial charge on any atom is -0.480 e. The van der Waals surface area contributed by atoms with Gasteiger partial charge in [-0.05, 0) is 0 Å². The van der Waals surface area contributed by atoms with Crippen LogP contribution in [0.15, 0.2) is 0 Å². The number of rotatable bonds is 5. The summed E-state index contributed by atoms with van der Waals surface area (Å²) in [6.45, 7) is -1.43. The third kappa shape index (κ3) is 31.3. The highest BCUT2D eigenvalue weighted by atomic mass is 31.2. The van der Waals surface area contributed by atoms with Crippen LogP contribution in [-0.2, 0) is 13.9 Å². The molecule has 8 N–H and O–H groups in total. The van der Waals surface area contributed by atoms with Crippen molar-refractivity contribution in [1.29, 1.82) is 0 Å². The van der Waals surface area contributed by atoms with Gasteiger partial charge in [0.15, 0.2) is 0 Å². The molecule has 0 heterocycles. The molecule has 10 nitrogen and oxygen atoms in total. The SMILES string of the molecule is CO.NCC(=O)O.O=P(O)(O)OCC(O)CO. The number of nitrogens with two attached hydrogens (primary N) is 1. The summed E-state index contributed by atoms with van der Waals surface area (Å²) in [5, 5.41) is 31.2. The first kappa shape index (κ1) is 21.7. The standard InChI is InChI=1S/C3H9O6P.C2H5NO2.CH4O/c4-1-3(5)2-9-10(6,7)8;3-1-2(4)5;1-2/h3-5H,1-2H2,(H2,6,7,8);1,3H2,(H,4,5);2H,1H3. The number of hydrogen-bond donors (Lipinski definition) is 7. The predicted octanol–water partition coefficient (Wildman–Crippen LogP) is -2.91. The summed E-state index contributed by atoms with van der Waals surface area (Å²) in [5.74, 6) is -0.968. The lowest BCUT2D eigenvalue weighted by Gasteiger charge is -2.07. The molecule has 0 fully saturated rings. The molecular weight excluding hydrogens is 261 g/mol. The first-order chi connectivity index (χ1) is 7.72. The number of aliphatic hydroxyl groups excluding tert-OH is 3. The van der Waals surface area contributed by atoms with Gasteiger partial charge >= 0.3 is 13.8 Å². The molecule has 0 aromatic heterocycles. The fraction of sp³-hybridized carbons (Fsp3) is 0.833. The smallest absolute Gasteiger partial charge is 0.469 e. The summed E-state index contributed by atoms with van der Waals surface area (Å²) in [7, 11) is -3.50. The van der Waals surface area contributed by atoms with Crippen LogP contribution in [0, 0.1) is 0 Å². The van der Waals surface area contributed by atoms with Gasteiger partial charge in [-0.15, -0.1) is 0 Å². The molecular formula is C6H18NO9P. The number of phosphoric ester groups is 1. The van der Waals surface area contributed by atoms with E-state index >= 15 is 0 Å². The lowest BCUT2D eigenvalue weighted by molar-refractivity contribution is -0.135. The molecule has 11 heteroatoms. The third-order valence-corrected chi connectivity index (χ3v) is 1.31. The number of hydrogen-bond acceptors (Lipinski definition) is 7. The van der Waals surface area contributed by atoms with E-state index in [0.717, 1.165) is 7.11 Å². The normalized spacial score (nSPS) is 11.5. The van der Waals surface area contributed by atoms with E-state index < -0.39 is 33.1 Å². The Balaban J connectivity index is -0.000000236. The van der Waals surface area contributed by atoms with Gasteiger partial charge in [-0.1, -0.05) is 0 Å². The summed E-state index contributed by atoms with van der Waals surface area (Å²) in [6, 6.07) is 0. The van der Waals surface area contributed by atoms with E-state index in [-0.39, 0.29) is 6.54 Å². The zero-order chi connectivity index (χ0) is 14.5. The Hall–Kier alpha value is -0.580. The molecule has 0 rings (SSSR count). The monoisotopic (exact) mass is 279 g/mol. The van der Waals surface area contributed by atoms with Crippen molar-refractivity contribution >= 4 is 13.8 Å². The average Bonchev–Trinajstić information content (AvgIpc) is 2.28. The molecule has 0 aliphatic rings. The molecule has 0 aromatic rings.